The van der Waals surface area contributed by atoms with Gasteiger partial charge in [-0.05, 0) is 24.6 Å². The predicted molar refractivity (Wildman–Crippen MR) is 114 cm³/mol. The number of hydrogen-bond acceptors (Lipinski definition) is 4. The zero-order chi connectivity index (χ0) is 21.6. The molecule has 31 heavy (non-hydrogen) atoms. The lowest BCUT2D eigenvalue weighted by atomic mass is 10.1. The fourth-order valence-corrected chi connectivity index (χ4v) is 3.48. The summed E-state index contributed by atoms with van der Waals surface area (Å²) in [6, 6.07) is 19.1. The molecular weight excluding hydrogens is 397 g/mol. The first-order valence-electron chi connectivity index (χ1n) is 10.1. The number of carbonyl (C=O) groups excluding carboxylic acids is 2. The Labute approximate surface area is 179 Å². The Balaban J connectivity index is 1.39. The third kappa shape index (κ3) is 4.71. The highest BCUT2D eigenvalue weighted by molar-refractivity contribution is 5.99. The Morgan fingerprint density at radius 2 is 1.84 bits per heavy atom. The van der Waals surface area contributed by atoms with Crippen molar-refractivity contribution in [2.24, 2.45) is 0 Å². The van der Waals surface area contributed by atoms with E-state index < -0.39 is 6.10 Å². The minimum absolute atomic E-state index is 0.127. The van der Waals surface area contributed by atoms with E-state index in [1.807, 2.05) is 30.3 Å². The minimum Gasteiger partial charge on any atom is -0.472 e. The molecule has 1 N–H and O–H groups in total. The molecule has 1 atom stereocenters. The zero-order valence-corrected chi connectivity index (χ0v) is 16.8. The lowest BCUT2D eigenvalue weighted by Gasteiger charge is -2.33. The molecule has 0 radical (unpaired) electrons. The van der Waals surface area contributed by atoms with Crippen LogP contribution in [0.4, 0.5) is 10.2 Å². The lowest BCUT2D eigenvalue weighted by molar-refractivity contribution is -0.127. The molecule has 0 unspecified atom stereocenters. The highest BCUT2D eigenvalue weighted by Gasteiger charge is 2.36. The van der Waals surface area contributed by atoms with Crippen LogP contribution in [0.5, 0.6) is 5.75 Å². The van der Waals surface area contributed by atoms with E-state index in [0.717, 1.165) is 5.56 Å². The van der Waals surface area contributed by atoms with Gasteiger partial charge in [-0.1, -0.05) is 48.5 Å². The Hall–Kier alpha value is -3.74. The minimum atomic E-state index is -0.757. The van der Waals surface area contributed by atoms with Crippen molar-refractivity contribution in [3.63, 3.8) is 0 Å². The van der Waals surface area contributed by atoms with Crippen LogP contribution in [0.3, 0.4) is 0 Å². The van der Waals surface area contributed by atoms with Gasteiger partial charge in [0.1, 0.15) is 5.82 Å². The number of rotatable bonds is 7. The standard InChI is InChI=1S/C24H22FN3O3/c25-19-11-5-4-10-18(19)16-27-21(29)13-7-15-28-23-20(12-6-14-26-23)31-22(24(28)30)17-8-2-1-3-9-17/h1-6,8-12,14,22H,7,13,15-16H2,(H,27,29)/t22-/m1/s1. The molecule has 0 bridgehead atoms. The molecule has 2 aromatic carbocycles. The summed E-state index contributed by atoms with van der Waals surface area (Å²) in [5.74, 6) is 0.205. The summed E-state index contributed by atoms with van der Waals surface area (Å²) < 4.78 is 19.6. The summed E-state index contributed by atoms with van der Waals surface area (Å²) in [5, 5.41) is 2.72. The molecular formula is C24H22FN3O3. The molecule has 1 aliphatic rings. The highest BCUT2D eigenvalue weighted by atomic mass is 19.1. The maximum atomic E-state index is 13.7. The molecule has 6 nitrogen and oxygen atoms in total. The first-order chi connectivity index (χ1) is 15.1. The molecule has 1 aromatic heterocycles. The molecule has 158 valence electrons. The number of hydrogen-bond donors (Lipinski definition) is 1. The smallest absolute Gasteiger partial charge is 0.274 e. The average Bonchev–Trinajstić information content (AvgIpc) is 2.80. The number of pyridine rings is 1. The van der Waals surface area contributed by atoms with E-state index in [-0.39, 0.29) is 30.6 Å². The normalized spacial score (nSPS) is 15.2. The van der Waals surface area contributed by atoms with E-state index in [1.165, 1.54) is 6.07 Å². The molecule has 0 aliphatic carbocycles. The Kier molecular flexibility index (Phi) is 6.21. The summed E-state index contributed by atoms with van der Waals surface area (Å²) >= 11 is 0. The number of anilines is 1. The molecule has 0 saturated heterocycles. The summed E-state index contributed by atoms with van der Waals surface area (Å²) in [6.45, 7) is 0.450. The van der Waals surface area contributed by atoms with Crippen LogP contribution in [-0.2, 0) is 16.1 Å². The lowest BCUT2D eigenvalue weighted by Crippen LogP contribution is -2.42. The fraction of sp³-hybridized carbons (Fsp3) is 0.208. The largest absolute Gasteiger partial charge is 0.472 e. The summed E-state index contributed by atoms with van der Waals surface area (Å²) in [6.07, 6.45) is 1.49. The van der Waals surface area contributed by atoms with Crippen molar-refractivity contribution in [2.45, 2.75) is 25.5 Å². The van der Waals surface area contributed by atoms with Crippen LogP contribution < -0.4 is 15.0 Å². The first-order valence-corrected chi connectivity index (χ1v) is 10.1. The number of nitrogens with one attached hydrogen (secondary N) is 1. The van der Waals surface area contributed by atoms with Gasteiger partial charge in [0.25, 0.3) is 5.91 Å². The number of fused-ring (bicyclic) bond motifs is 1. The third-order valence-electron chi connectivity index (χ3n) is 5.06. The van der Waals surface area contributed by atoms with Crippen molar-refractivity contribution < 1.29 is 18.7 Å². The third-order valence-corrected chi connectivity index (χ3v) is 5.06. The Bertz CT molecular complexity index is 1070. The number of aromatic nitrogens is 1. The maximum Gasteiger partial charge on any atom is 0.274 e. The van der Waals surface area contributed by atoms with Gasteiger partial charge in [0, 0.05) is 36.8 Å². The first kappa shape index (κ1) is 20.5. The van der Waals surface area contributed by atoms with Gasteiger partial charge in [0.05, 0.1) is 0 Å². The summed E-state index contributed by atoms with van der Waals surface area (Å²) in [7, 11) is 0. The monoisotopic (exact) mass is 419 g/mol. The van der Waals surface area contributed by atoms with Crippen molar-refractivity contribution in [3.05, 3.63) is 89.9 Å². The highest BCUT2D eigenvalue weighted by Crippen LogP contribution is 2.37. The number of nitrogens with zero attached hydrogens (tertiary/aromatic N) is 2. The van der Waals surface area contributed by atoms with Gasteiger partial charge in [-0.3, -0.25) is 14.5 Å². The molecule has 0 spiro atoms. The molecule has 2 amide bonds. The second-order valence-corrected chi connectivity index (χ2v) is 7.20. The van der Waals surface area contributed by atoms with E-state index in [0.29, 0.717) is 30.1 Å². The van der Waals surface area contributed by atoms with Gasteiger partial charge in [0.15, 0.2) is 11.6 Å². The molecule has 4 rings (SSSR count). The second kappa shape index (κ2) is 9.38. The summed E-state index contributed by atoms with van der Waals surface area (Å²) in [5.41, 5.74) is 1.19. The predicted octanol–water partition coefficient (Wildman–Crippen LogP) is 3.78. The van der Waals surface area contributed by atoms with Crippen molar-refractivity contribution in [1.29, 1.82) is 0 Å². The van der Waals surface area contributed by atoms with Crippen molar-refractivity contribution in [1.82, 2.24) is 10.3 Å². The van der Waals surface area contributed by atoms with Crippen LogP contribution >= 0.6 is 0 Å². The van der Waals surface area contributed by atoms with Gasteiger partial charge in [-0.15, -0.1) is 0 Å². The summed E-state index contributed by atoms with van der Waals surface area (Å²) in [4.78, 5) is 31.2. The van der Waals surface area contributed by atoms with Crippen molar-refractivity contribution in [2.75, 3.05) is 11.4 Å². The van der Waals surface area contributed by atoms with E-state index in [1.54, 1.807) is 41.4 Å². The van der Waals surface area contributed by atoms with Gasteiger partial charge >= 0.3 is 0 Å². The molecule has 1 aliphatic heterocycles. The SMILES string of the molecule is O=C(CCCN1C(=O)[C@@H](c2ccccc2)Oc2cccnc21)NCc1ccccc1F. The van der Waals surface area contributed by atoms with E-state index in [4.69, 9.17) is 4.74 Å². The average molecular weight is 419 g/mol. The van der Waals surface area contributed by atoms with Gasteiger partial charge in [-0.25, -0.2) is 9.37 Å². The number of carbonyl (C=O) groups is 2. The topological polar surface area (TPSA) is 71.5 Å². The number of benzene rings is 2. The van der Waals surface area contributed by atoms with Gasteiger partial charge in [0.2, 0.25) is 12.0 Å². The van der Waals surface area contributed by atoms with Crippen LogP contribution in [-0.4, -0.2) is 23.3 Å². The Morgan fingerprint density at radius 3 is 2.65 bits per heavy atom. The number of ether oxygens (including phenoxy) is 1. The molecule has 0 fully saturated rings. The van der Waals surface area contributed by atoms with Crippen LogP contribution in [0.1, 0.15) is 30.1 Å². The molecule has 3 aromatic rings. The van der Waals surface area contributed by atoms with E-state index in [2.05, 4.69) is 10.3 Å². The van der Waals surface area contributed by atoms with Crippen LogP contribution in [0.25, 0.3) is 0 Å². The molecule has 7 heteroatoms. The maximum absolute atomic E-state index is 13.7. The van der Waals surface area contributed by atoms with Gasteiger partial charge in [-0.2, -0.15) is 0 Å². The zero-order valence-electron chi connectivity index (χ0n) is 16.8. The van der Waals surface area contributed by atoms with Crippen LogP contribution in [0.15, 0.2) is 72.9 Å². The number of halogens is 1. The van der Waals surface area contributed by atoms with Crippen LogP contribution in [0, 0.1) is 5.82 Å². The van der Waals surface area contributed by atoms with Crippen molar-refractivity contribution in [3.8, 4) is 5.75 Å². The Morgan fingerprint density at radius 1 is 1.06 bits per heavy atom. The van der Waals surface area contributed by atoms with Crippen LogP contribution in [0.2, 0.25) is 0 Å². The molecule has 2 heterocycles. The van der Waals surface area contributed by atoms with Crippen molar-refractivity contribution >= 4 is 17.6 Å². The molecule has 0 saturated carbocycles. The van der Waals surface area contributed by atoms with E-state index >= 15 is 0 Å². The number of amides is 2. The van der Waals surface area contributed by atoms with E-state index in [9.17, 15) is 14.0 Å². The fourth-order valence-electron chi connectivity index (χ4n) is 3.48. The van der Waals surface area contributed by atoms with Gasteiger partial charge < -0.3 is 10.1 Å². The second-order valence-electron chi connectivity index (χ2n) is 7.20. The quantitative estimate of drug-likeness (QED) is 0.633.